The molecule has 1 aromatic carbocycles. The summed E-state index contributed by atoms with van der Waals surface area (Å²) in [4.78, 5) is 32.0. The summed E-state index contributed by atoms with van der Waals surface area (Å²) < 4.78 is 5.42. The van der Waals surface area contributed by atoms with Crippen molar-refractivity contribution in [1.29, 1.82) is 0 Å². The van der Waals surface area contributed by atoms with Gasteiger partial charge in [-0.25, -0.2) is 0 Å². The highest BCUT2D eigenvalue weighted by Crippen LogP contribution is 2.25. The Bertz CT molecular complexity index is 667. The van der Waals surface area contributed by atoms with Gasteiger partial charge in [0.1, 0.15) is 0 Å². The molecule has 28 heavy (non-hydrogen) atoms. The van der Waals surface area contributed by atoms with Crippen molar-refractivity contribution >= 4 is 11.8 Å². The summed E-state index contributed by atoms with van der Waals surface area (Å²) in [6.07, 6.45) is 2.67. The van der Waals surface area contributed by atoms with Gasteiger partial charge in [-0.2, -0.15) is 0 Å². The predicted molar refractivity (Wildman–Crippen MR) is 107 cm³/mol. The molecule has 6 nitrogen and oxygen atoms in total. The summed E-state index contributed by atoms with van der Waals surface area (Å²) in [5.41, 5.74) is 0.734. The normalized spacial score (nSPS) is 24.5. The van der Waals surface area contributed by atoms with E-state index in [9.17, 15) is 9.59 Å². The van der Waals surface area contributed by atoms with Crippen molar-refractivity contribution in [1.82, 2.24) is 14.7 Å². The number of morpholine rings is 1. The van der Waals surface area contributed by atoms with E-state index in [1.165, 1.54) is 0 Å². The van der Waals surface area contributed by atoms with E-state index in [1.807, 2.05) is 35.2 Å². The van der Waals surface area contributed by atoms with E-state index < -0.39 is 0 Å². The Labute approximate surface area is 167 Å². The Morgan fingerprint density at radius 1 is 0.893 bits per heavy atom. The van der Waals surface area contributed by atoms with Crippen molar-refractivity contribution < 1.29 is 14.3 Å². The number of carbonyl (C=O) groups excluding carboxylic acids is 2. The van der Waals surface area contributed by atoms with Gasteiger partial charge < -0.3 is 14.5 Å². The van der Waals surface area contributed by atoms with Crippen molar-refractivity contribution in [2.75, 3.05) is 59.0 Å². The second-order valence-electron chi connectivity index (χ2n) is 8.28. The van der Waals surface area contributed by atoms with Crippen LogP contribution >= 0.6 is 0 Å². The molecule has 0 aliphatic carbocycles. The van der Waals surface area contributed by atoms with Gasteiger partial charge in [-0.05, 0) is 37.3 Å². The largest absolute Gasteiger partial charge is 0.379 e. The standard InChI is InChI=1S/C22H31N3O3/c26-21(19-4-2-1-3-5-19)24-10-7-20(8-11-24)22(27)25-9-6-18(17-25)16-23-12-14-28-15-13-23/h1-5,18,20H,6-17H2. The topological polar surface area (TPSA) is 53.1 Å². The molecule has 6 heteroatoms. The molecule has 1 aromatic rings. The molecule has 3 saturated heterocycles. The molecule has 0 aromatic heterocycles. The highest BCUT2D eigenvalue weighted by molar-refractivity contribution is 5.94. The van der Waals surface area contributed by atoms with Crippen LogP contribution in [0, 0.1) is 11.8 Å². The van der Waals surface area contributed by atoms with Crippen LogP contribution in [0.25, 0.3) is 0 Å². The number of ether oxygens (including phenoxy) is 1. The van der Waals surface area contributed by atoms with E-state index in [0.717, 1.165) is 70.8 Å². The number of piperidine rings is 1. The summed E-state index contributed by atoms with van der Waals surface area (Å²) in [7, 11) is 0. The van der Waals surface area contributed by atoms with Crippen LogP contribution in [0.5, 0.6) is 0 Å². The van der Waals surface area contributed by atoms with Gasteiger partial charge in [0.05, 0.1) is 13.2 Å². The van der Waals surface area contributed by atoms with Gasteiger partial charge in [0.25, 0.3) is 5.91 Å². The minimum absolute atomic E-state index is 0.0713. The first-order valence-electron chi connectivity index (χ1n) is 10.6. The Morgan fingerprint density at radius 3 is 2.29 bits per heavy atom. The SMILES string of the molecule is O=C(c1ccccc1)N1CCC(C(=O)N2CCC(CN3CCOCC3)C2)CC1. The average molecular weight is 386 g/mol. The van der Waals surface area contributed by atoms with Crippen molar-refractivity contribution in [3.05, 3.63) is 35.9 Å². The first-order chi connectivity index (χ1) is 13.7. The summed E-state index contributed by atoms with van der Waals surface area (Å²) in [6, 6.07) is 9.43. The minimum atomic E-state index is 0.0713. The number of nitrogens with zero attached hydrogens (tertiary/aromatic N) is 3. The zero-order valence-corrected chi connectivity index (χ0v) is 16.6. The van der Waals surface area contributed by atoms with E-state index >= 15 is 0 Å². The molecular weight excluding hydrogens is 354 g/mol. The molecule has 3 aliphatic heterocycles. The Kier molecular flexibility index (Phi) is 6.27. The maximum absolute atomic E-state index is 13.0. The first-order valence-corrected chi connectivity index (χ1v) is 10.6. The first kappa shape index (κ1) is 19.4. The summed E-state index contributed by atoms with van der Waals surface area (Å²) in [5.74, 6) is 1.04. The van der Waals surface area contributed by atoms with Crippen LogP contribution < -0.4 is 0 Å². The maximum atomic E-state index is 13.0. The smallest absolute Gasteiger partial charge is 0.253 e. The number of benzene rings is 1. The molecule has 0 bridgehead atoms. The van der Waals surface area contributed by atoms with E-state index in [2.05, 4.69) is 9.80 Å². The third-order valence-electron chi connectivity index (χ3n) is 6.37. The molecule has 152 valence electrons. The second kappa shape index (κ2) is 9.05. The van der Waals surface area contributed by atoms with Gasteiger partial charge in [-0.1, -0.05) is 18.2 Å². The fraction of sp³-hybridized carbons (Fsp3) is 0.636. The van der Waals surface area contributed by atoms with Gasteiger partial charge in [-0.15, -0.1) is 0 Å². The lowest BCUT2D eigenvalue weighted by atomic mass is 9.95. The lowest BCUT2D eigenvalue weighted by molar-refractivity contribution is -0.136. The van der Waals surface area contributed by atoms with Crippen LogP contribution in [-0.2, 0) is 9.53 Å². The van der Waals surface area contributed by atoms with Crippen molar-refractivity contribution in [3.63, 3.8) is 0 Å². The van der Waals surface area contributed by atoms with Crippen LogP contribution in [0.15, 0.2) is 30.3 Å². The van der Waals surface area contributed by atoms with Gasteiger partial charge >= 0.3 is 0 Å². The summed E-state index contributed by atoms with van der Waals surface area (Å²) >= 11 is 0. The molecule has 3 aliphatic rings. The molecule has 4 rings (SSSR count). The minimum Gasteiger partial charge on any atom is -0.379 e. The number of rotatable bonds is 4. The average Bonchev–Trinajstić information content (AvgIpc) is 3.22. The molecular formula is C22H31N3O3. The van der Waals surface area contributed by atoms with Crippen molar-refractivity contribution in [2.24, 2.45) is 11.8 Å². The van der Waals surface area contributed by atoms with Gasteiger partial charge in [0.15, 0.2) is 0 Å². The van der Waals surface area contributed by atoms with Gasteiger partial charge in [0, 0.05) is 57.3 Å². The molecule has 0 spiro atoms. The Hall–Kier alpha value is -1.92. The van der Waals surface area contributed by atoms with Crippen LogP contribution in [0.1, 0.15) is 29.6 Å². The Balaban J connectivity index is 1.23. The number of hydrogen-bond acceptors (Lipinski definition) is 4. The Morgan fingerprint density at radius 2 is 1.57 bits per heavy atom. The quantitative estimate of drug-likeness (QED) is 0.792. The van der Waals surface area contributed by atoms with Gasteiger partial charge in [0.2, 0.25) is 5.91 Å². The van der Waals surface area contributed by atoms with E-state index in [0.29, 0.717) is 24.9 Å². The summed E-state index contributed by atoms with van der Waals surface area (Å²) in [6.45, 7) is 7.89. The maximum Gasteiger partial charge on any atom is 0.253 e. The lowest BCUT2D eigenvalue weighted by Crippen LogP contribution is -2.44. The fourth-order valence-corrected chi connectivity index (χ4v) is 4.68. The highest BCUT2D eigenvalue weighted by Gasteiger charge is 2.34. The zero-order valence-electron chi connectivity index (χ0n) is 16.6. The van der Waals surface area contributed by atoms with E-state index in [4.69, 9.17) is 4.74 Å². The fourth-order valence-electron chi connectivity index (χ4n) is 4.68. The predicted octanol–water partition coefficient (Wildman–Crippen LogP) is 1.72. The van der Waals surface area contributed by atoms with Crippen LogP contribution in [0.2, 0.25) is 0 Å². The second-order valence-corrected chi connectivity index (χ2v) is 8.28. The van der Waals surface area contributed by atoms with Gasteiger partial charge in [-0.3, -0.25) is 14.5 Å². The third kappa shape index (κ3) is 4.55. The molecule has 0 N–H and O–H groups in total. The molecule has 0 radical (unpaired) electrons. The number of carbonyl (C=O) groups is 2. The van der Waals surface area contributed by atoms with Crippen LogP contribution in [0.4, 0.5) is 0 Å². The number of hydrogen-bond donors (Lipinski definition) is 0. The van der Waals surface area contributed by atoms with E-state index in [-0.39, 0.29) is 11.8 Å². The highest BCUT2D eigenvalue weighted by atomic mass is 16.5. The molecule has 0 saturated carbocycles. The molecule has 2 amide bonds. The molecule has 1 unspecified atom stereocenters. The van der Waals surface area contributed by atoms with Crippen molar-refractivity contribution in [3.8, 4) is 0 Å². The number of amides is 2. The third-order valence-corrected chi connectivity index (χ3v) is 6.37. The molecule has 3 fully saturated rings. The monoisotopic (exact) mass is 385 g/mol. The lowest BCUT2D eigenvalue weighted by Gasteiger charge is -2.33. The molecule has 3 heterocycles. The zero-order chi connectivity index (χ0) is 19.3. The number of likely N-dealkylation sites (tertiary alicyclic amines) is 2. The summed E-state index contributed by atoms with van der Waals surface area (Å²) in [5, 5.41) is 0. The van der Waals surface area contributed by atoms with Crippen molar-refractivity contribution in [2.45, 2.75) is 19.3 Å². The molecule has 1 atom stereocenters. The van der Waals surface area contributed by atoms with E-state index in [1.54, 1.807) is 0 Å². The van der Waals surface area contributed by atoms with Crippen LogP contribution in [0.3, 0.4) is 0 Å². The van der Waals surface area contributed by atoms with Crippen LogP contribution in [-0.4, -0.2) is 85.5 Å².